The maximum absolute atomic E-state index is 11.2. The van der Waals surface area contributed by atoms with Crippen LogP contribution in [-0.4, -0.2) is 39.3 Å². The van der Waals surface area contributed by atoms with Crippen LogP contribution in [0.5, 0.6) is 0 Å². The van der Waals surface area contributed by atoms with Crippen LogP contribution in [0.3, 0.4) is 0 Å². The van der Waals surface area contributed by atoms with Crippen molar-refractivity contribution in [1.29, 1.82) is 0 Å². The number of nitrogens with two attached hydrogens (primary N) is 1. The number of hydrogen-bond donors (Lipinski definition) is 3. The molecular formula is C14H21N3O3S2. The molecule has 1 aromatic carbocycles. The highest BCUT2D eigenvalue weighted by Gasteiger charge is 2.15. The third-order valence-corrected chi connectivity index (χ3v) is 4.68. The summed E-state index contributed by atoms with van der Waals surface area (Å²) in [6, 6.07) is 6.53. The lowest BCUT2D eigenvalue weighted by Gasteiger charge is -2.14. The molecule has 1 aromatic rings. The fourth-order valence-corrected chi connectivity index (χ4v) is 2.94. The first-order valence-corrected chi connectivity index (χ1v) is 9.15. The Morgan fingerprint density at radius 1 is 1.32 bits per heavy atom. The molecule has 4 N–H and O–H groups in total. The van der Waals surface area contributed by atoms with Gasteiger partial charge in [0.2, 0.25) is 10.0 Å². The average molecular weight is 343 g/mol. The van der Waals surface area contributed by atoms with E-state index in [2.05, 4.69) is 10.6 Å². The van der Waals surface area contributed by atoms with Gasteiger partial charge < -0.3 is 15.4 Å². The highest BCUT2D eigenvalue weighted by molar-refractivity contribution is 7.89. The fourth-order valence-electron chi connectivity index (χ4n) is 2.24. The Bertz CT molecular complexity index is 596. The van der Waals surface area contributed by atoms with E-state index in [-0.39, 0.29) is 11.0 Å². The van der Waals surface area contributed by atoms with Gasteiger partial charge in [0.15, 0.2) is 5.11 Å². The highest BCUT2D eigenvalue weighted by atomic mass is 32.2. The van der Waals surface area contributed by atoms with E-state index in [4.69, 9.17) is 22.1 Å². The molecule has 1 aliphatic rings. The molecule has 1 atom stereocenters. The zero-order valence-electron chi connectivity index (χ0n) is 12.2. The largest absolute Gasteiger partial charge is 0.376 e. The standard InChI is InChI=1S/C14H21N3O3S2/c15-22(18,19)13-5-3-11(4-6-13)7-8-16-14(21)17-10-12-2-1-9-20-12/h3-6,12H,1-2,7-10H2,(H2,15,18,19)(H2,16,17,21)/t12-/m1/s1. The molecule has 6 nitrogen and oxygen atoms in total. The molecule has 0 unspecified atom stereocenters. The summed E-state index contributed by atoms with van der Waals surface area (Å²) in [4.78, 5) is 0.123. The monoisotopic (exact) mass is 343 g/mol. The first-order valence-electron chi connectivity index (χ1n) is 7.20. The summed E-state index contributed by atoms with van der Waals surface area (Å²) in [6.07, 6.45) is 3.19. The Balaban J connectivity index is 1.68. The van der Waals surface area contributed by atoms with Gasteiger partial charge in [-0.25, -0.2) is 13.6 Å². The van der Waals surface area contributed by atoms with Crippen molar-refractivity contribution in [2.24, 2.45) is 5.14 Å². The van der Waals surface area contributed by atoms with Gasteiger partial charge in [-0.15, -0.1) is 0 Å². The van der Waals surface area contributed by atoms with Crippen LogP contribution in [0.2, 0.25) is 0 Å². The number of nitrogens with one attached hydrogen (secondary N) is 2. The van der Waals surface area contributed by atoms with Gasteiger partial charge in [-0.05, 0) is 49.2 Å². The molecule has 8 heteroatoms. The second-order valence-electron chi connectivity index (χ2n) is 5.21. The molecule has 1 aliphatic heterocycles. The maximum Gasteiger partial charge on any atom is 0.238 e. The van der Waals surface area contributed by atoms with Gasteiger partial charge in [-0.3, -0.25) is 0 Å². The lowest BCUT2D eigenvalue weighted by atomic mass is 10.1. The Hall–Kier alpha value is -1.22. The molecule has 1 fully saturated rings. The lowest BCUT2D eigenvalue weighted by molar-refractivity contribution is 0.114. The summed E-state index contributed by atoms with van der Waals surface area (Å²) < 4.78 is 27.8. The first kappa shape index (κ1) is 17.1. The van der Waals surface area contributed by atoms with Crippen LogP contribution in [0.1, 0.15) is 18.4 Å². The molecule has 122 valence electrons. The summed E-state index contributed by atoms with van der Waals surface area (Å²) in [5.74, 6) is 0. The molecule has 1 heterocycles. The molecule has 0 radical (unpaired) electrons. The second-order valence-corrected chi connectivity index (χ2v) is 7.18. The smallest absolute Gasteiger partial charge is 0.238 e. The van der Waals surface area contributed by atoms with Gasteiger partial charge in [0.05, 0.1) is 11.0 Å². The van der Waals surface area contributed by atoms with Crippen molar-refractivity contribution in [3.8, 4) is 0 Å². The lowest BCUT2D eigenvalue weighted by Crippen LogP contribution is -2.40. The minimum Gasteiger partial charge on any atom is -0.376 e. The van der Waals surface area contributed by atoms with Gasteiger partial charge >= 0.3 is 0 Å². The van der Waals surface area contributed by atoms with Crippen LogP contribution < -0.4 is 15.8 Å². The van der Waals surface area contributed by atoms with Crippen LogP contribution in [0.15, 0.2) is 29.2 Å². The molecule has 0 aromatic heterocycles. The summed E-state index contributed by atoms with van der Waals surface area (Å²) >= 11 is 5.20. The summed E-state index contributed by atoms with van der Waals surface area (Å²) in [5, 5.41) is 11.9. The number of thiocarbonyl (C=S) groups is 1. The van der Waals surface area contributed by atoms with E-state index in [1.165, 1.54) is 12.1 Å². The van der Waals surface area contributed by atoms with Crippen LogP contribution in [-0.2, 0) is 21.2 Å². The summed E-state index contributed by atoms with van der Waals surface area (Å²) in [5.41, 5.74) is 1.02. The molecular weight excluding hydrogens is 322 g/mol. The minimum absolute atomic E-state index is 0.123. The van der Waals surface area contributed by atoms with Crippen LogP contribution in [0, 0.1) is 0 Å². The van der Waals surface area contributed by atoms with Crippen LogP contribution in [0.25, 0.3) is 0 Å². The fraction of sp³-hybridized carbons (Fsp3) is 0.500. The van der Waals surface area contributed by atoms with Crippen molar-refractivity contribution in [1.82, 2.24) is 10.6 Å². The van der Waals surface area contributed by atoms with E-state index in [0.717, 1.165) is 38.0 Å². The quantitative estimate of drug-likeness (QED) is 0.652. The van der Waals surface area contributed by atoms with E-state index in [1.54, 1.807) is 12.1 Å². The second kappa shape index (κ2) is 7.87. The molecule has 0 bridgehead atoms. The van der Waals surface area contributed by atoms with Crippen molar-refractivity contribution in [2.45, 2.75) is 30.3 Å². The number of ether oxygens (including phenoxy) is 1. The molecule has 22 heavy (non-hydrogen) atoms. The Labute approximate surface area is 136 Å². The molecule has 0 spiro atoms. The molecule has 0 amide bonds. The van der Waals surface area contributed by atoms with Crippen molar-refractivity contribution < 1.29 is 13.2 Å². The van der Waals surface area contributed by atoms with Crippen LogP contribution >= 0.6 is 12.2 Å². The SMILES string of the molecule is NS(=O)(=O)c1ccc(CCNC(=S)NC[C@H]2CCCO2)cc1. The van der Waals surface area contributed by atoms with E-state index < -0.39 is 10.0 Å². The van der Waals surface area contributed by atoms with Crippen molar-refractivity contribution in [3.05, 3.63) is 29.8 Å². The summed E-state index contributed by atoms with van der Waals surface area (Å²) in [6.45, 7) is 2.24. The van der Waals surface area contributed by atoms with E-state index in [1.807, 2.05) is 0 Å². The predicted molar refractivity (Wildman–Crippen MR) is 89.1 cm³/mol. The van der Waals surface area contributed by atoms with Gasteiger partial charge in [0.25, 0.3) is 0 Å². The van der Waals surface area contributed by atoms with E-state index >= 15 is 0 Å². The van der Waals surface area contributed by atoms with Gasteiger partial charge in [-0.1, -0.05) is 12.1 Å². The van der Waals surface area contributed by atoms with Gasteiger partial charge in [0, 0.05) is 19.7 Å². The maximum atomic E-state index is 11.2. The van der Waals surface area contributed by atoms with Crippen molar-refractivity contribution in [2.75, 3.05) is 19.7 Å². The number of benzene rings is 1. The van der Waals surface area contributed by atoms with E-state index in [0.29, 0.717) is 11.7 Å². The third kappa shape index (κ3) is 5.53. The normalized spacial score (nSPS) is 18.1. The number of hydrogen-bond acceptors (Lipinski definition) is 4. The van der Waals surface area contributed by atoms with Crippen molar-refractivity contribution in [3.63, 3.8) is 0 Å². The topological polar surface area (TPSA) is 93.5 Å². The molecule has 0 saturated carbocycles. The van der Waals surface area contributed by atoms with Crippen LogP contribution in [0.4, 0.5) is 0 Å². The number of sulfonamides is 1. The van der Waals surface area contributed by atoms with Gasteiger partial charge in [-0.2, -0.15) is 0 Å². The van der Waals surface area contributed by atoms with E-state index in [9.17, 15) is 8.42 Å². The summed E-state index contributed by atoms with van der Waals surface area (Å²) in [7, 11) is -3.63. The number of rotatable bonds is 6. The Morgan fingerprint density at radius 2 is 2.05 bits per heavy atom. The zero-order chi connectivity index (χ0) is 16.0. The molecule has 1 saturated heterocycles. The minimum atomic E-state index is -3.63. The predicted octanol–water partition coefficient (Wildman–Crippen LogP) is 0.520. The third-order valence-electron chi connectivity index (χ3n) is 3.47. The Morgan fingerprint density at radius 3 is 2.64 bits per heavy atom. The molecule has 2 rings (SSSR count). The average Bonchev–Trinajstić information content (AvgIpc) is 2.98. The number of primary sulfonamides is 1. The Kier molecular flexibility index (Phi) is 6.13. The van der Waals surface area contributed by atoms with Gasteiger partial charge in [0.1, 0.15) is 0 Å². The molecule has 0 aliphatic carbocycles. The highest BCUT2D eigenvalue weighted by Crippen LogP contribution is 2.10. The van der Waals surface area contributed by atoms with Crippen molar-refractivity contribution >= 4 is 27.4 Å². The first-order chi connectivity index (χ1) is 10.4. The zero-order valence-corrected chi connectivity index (χ0v) is 13.9.